The predicted molar refractivity (Wildman–Crippen MR) is 376 cm³/mol. The molecule has 7 aliphatic rings. The molecule has 1 aliphatic heterocycles. The van der Waals surface area contributed by atoms with E-state index >= 15 is 4.89 Å². The minimum absolute atomic E-state index is 0.497. The van der Waals surface area contributed by atoms with Crippen molar-refractivity contribution in [3.8, 4) is 44.9 Å². The quantitative estimate of drug-likeness (QED) is 0.0502. The number of fused-ring (bicyclic) bond motifs is 7. The Bertz CT molecular complexity index is 2960. The van der Waals surface area contributed by atoms with Gasteiger partial charge in [0, 0.05) is 22.3 Å². The van der Waals surface area contributed by atoms with Crippen LogP contribution in [0.2, 0.25) is 0 Å². The highest BCUT2D eigenvalue weighted by molar-refractivity contribution is 7.40. The van der Waals surface area contributed by atoms with Crippen LogP contribution >= 0.6 is 8.60 Å². The molecule has 6 fully saturated rings. The van der Waals surface area contributed by atoms with Gasteiger partial charge in [-0.2, -0.15) is 0 Å². The highest BCUT2D eigenvalue weighted by atomic mass is 31.2. The van der Waals surface area contributed by atoms with Gasteiger partial charge in [-0.25, -0.2) is 0 Å². The summed E-state index contributed by atoms with van der Waals surface area (Å²) in [5.41, 5.74) is 19.9. The highest BCUT2D eigenvalue weighted by Gasteiger charge is 2.39. The second-order valence-corrected chi connectivity index (χ2v) is 30.9. The van der Waals surface area contributed by atoms with Crippen LogP contribution in [0.4, 0.5) is 0 Å². The van der Waals surface area contributed by atoms with Gasteiger partial charge < -0.3 is 13.9 Å². The summed E-state index contributed by atoms with van der Waals surface area (Å²) in [5, 5.41) is 5.03. The topological polar surface area (TPSA) is 41.5 Å². The second-order valence-electron chi connectivity index (χ2n) is 30.0. The zero-order valence-corrected chi connectivity index (χ0v) is 56.2. The summed E-state index contributed by atoms with van der Waals surface area (Å²) in [4.78, 5) is 16.0. The van der Waals surface area contributed by atoms with Gasteiger partial charge in [0.2, 0.25) is 0 Å². The van der Waals surface area contributed by atoms with Crippen LogP contribution in [0, 0.1) is 0 Å². The summed E-state index contributed by atoms with van der Waals surface area (Å²) in [7, 11) is -3.15. The number of hydrogen-bond donors (Lipinski definition) is 0. The molecule has 0 spiro atoms. The third kappa shape index (κ3) is 14.2. The fourth-order valence-electron chi connectivity index (χ4n) is 19.0. The van der Waals surface area contributed by atoms with Gasteiger partial charge in [-0.3, -0.25) is 0 Å². The van der Waals surface area contributed by atoms with E-state index < -0.39 is 8.60 Å². The summed E-state index contributed by atoms with van der Waals surface area (Å²) >= 11 is 0. The average molecular weight is 1200 g/mol. The van der Waals surface area contributed by atoms with Gasteiger partial charge in [0.25, 0.3) is 0 Å². The smallest absolute Gasteiger partial charge is 0.319 e. The molecule has 13 rings (SSSR count). The van der Waals surface area contributed by atoms with E-state index in [9.17, 15) is 0 Å². The van der Waals surface area contributed by atoms with Crippen LogP contribution < -0.4 is 13.9 Å². The molecule has 0 atom stereocenters. The standard InChI is InChI=1S/C84H113O3P/c1-3-5-7-9-11-19-33-59-47-49-71-69(51-59)57-77(79-73(63-39-25-15-26-40-63)53-67(61-35-21-13-22-36-61)54-74(79)64-41-27-16-28-42-64)83-81(71)82-72-50-48-60(34-20-12-10-8-6-4-2)52-70(72)58-78(84(82)87-88(85)86-83)80-75(65-43-29-17-30-44-65)55-68(62-37-23-14-24-38-62)56-76(80)66-45-31-18-32-46-66/h47-58,61-66,88H,3-46H2,1-2H3. The first-order valence-electron chi connectivity index (χ1n) is 38.0. The molecule has 6 aliphatic carbocycles. The Hall–Kier alpha value is -4.17. The molecule has 0 radical (unpaired) electrons. The summed E-state index contributed by atoms with van der Waals surface area (Å²) in [6.45, 7) is 4.66. The number of aryl methyl sites for hydroxylation is 2. The minimum Gasteiger partial charge on any atom is -0.618 e. The molecule has 0 aromatic heterocycles. The number of benzene rings is 6. The highest BCUT2D eigenvalue weighted by Crippen LogP contribution is 2.62. The van der Waals surface area contributed by atoms with Crippen molar-refractivity contribution in [3.05, 3.63) is 117 Å². The lowest BCUT2D eigenvalue weighted by molar-refractivity contribution is -0.188. The third-order valence-electron chi connectivity index (χ3n) is 23.9. The summed E-state index contributed by atoms with van der Waals surface area (Å²) in [5.74, 6) is 4.88. The zero-order valence-electron chi connectivity index (χ0n) is 55.2. The minimum atomic E-state index is -3.15. The largest absolute Gasteiger partial charge is 0.618 e. The van der Waals surface area contributed by atoms with Gasteiger partial charge in [0.15, 0.2) is 11.5 Å². The molecule has 6 aromatic rings. The Labute approximate surface area is 535 Å². The van der Waals surface area contributed by atoms with Crippen molar-refractivity contribution in [2.45, 2.75) is 332 Å². The lowest BCUT2D eigenvalue weighted by Crippen LogP contribution is -2.15. The van der Waals surface area contributed by atoms with Crippen molar-refractivity contribution in [2.75, 3.05) is 0 Å². The Morgan fingerprint density at radius 1 is 0.330 bits per heavy atom. The van der Waals surface area contributed by atoms with E-state index in [0.29, 0.717) is 35.5 Å². The Morgan fingerprint density at radius 2 is 0.625 bits per heavy atom. The lowest BCUT2D eigenvalue weighted by atomic mass is 9.71. The second kappa shape index (κ2) is 30.5. The SMILES string of the molecule is CCCCCCCCc1ccc2c3c(c(-c4c(C5CCCCC5)cc(C5CCCCC5)cc4C4CCCCC4)cc2c1)O[PH+]([O-])Oc1c(-c2c(C4CCCCC4)cc(C4CCCCC4)cc2C2CCCCC2)cc2cc(CCCCCCCC)ccc2c1-3. The molecule has 3 nitrogen and oxygen atoms in total. The van der Waals surface area contributed by atoms with E-state index in [1.165, 1.54) is 325 Å². The maximum Gasteiger partial charge on any atom is 0.319 e. The van der Waals surface area contributed by atoms with Gasteiger partial charge in [-0.05, 0) is 228 Å². The van der Waals surface area contributed by atoms with Crippen LogP contribution in [0.5, 0.6) is 11.5 Å². The summed E-state index contributed by atoms with van der Waals surface area (Å²) in [6.07, 6.45) is 56.7. The van der Waals surface area contributed by atoms with Crippen molar-refractivity contribution >= 4 is 30.1 Å². The summed E-state index contributed by atoms with van der Waals surface area (Å²) in [6, 6.07) is 31.2. The molecule has 472 valence electrons. The van der Waals surface area contributed by atoms with Crippen LogP contribution in [0.25, 0.3) is 54.9 Å². The number of unbranched alkanes of at least 4 members (excludes halogenated alkanes) is 10. The van der Waals surface area contributed by atoms with Gasteiger partial charge in [-0.1, -0.05) is 254 Å². The van der Waals surface area contributed by atoms with Crippen LogP contribution in [0.1, 0.15) is 364 Å². The molecular formula is C84H113O3P. The lowest BCUT2D eigenvalue weighted by Gasteiger charge is -2.33. The van der Waals surface area contributed by atoms with E-state index in [4.69, 9.17) is 9.05 Å². The monoisotopic (exact) mass is 1200 g/mol. The molecule has 0 bridgehead atoms. The third-order valence-corrected chi connectivity index (χ3v) is 24.6. The average Bonchev–Trinajstić information content (AvgIpc) is 1.25. The predicted octanol–water partition coefficient (Wildman–Crippen LogP) is 26.2. The zero-order chi connectivity index (χ0) is 59.6. The molecule has 0 unspecified atom stereocenters. The molecule has 88 heavy (non-hydrogen) atoms. The number of rotatable bonds is 22. The molecule has 0 amide bonds. The maximum absolute atomic E-state index is 16.0. The van der Waals surface area contributed by atoms with Crippen molar-refractivity contribution < 1.29 is 13.9 Å². The van der Waals surface area contributed by atoms with E-state index in [-0.39, 0.29) is 0 Å². The molecule has 6 saturated carbocycles. The molecule has 4 heteroatoms. The van der Waals surface area contributed by atoms with Crippen molar-refractivity contribution in [1.82, 2.24) is 0 Å². The van der Waals surface area contributed by atoms with Gasteiger partial charge in [0.05, 0.1) is 0 Å². The molecule has 1 heterocycles. The maximum atomic E-state index is 16.0. The van der Waals surface area contributed by atoms with Crippen molar-refractivity contribution in [2.24, 2.45) is 0 Å². The molecule has 0 saturated heterocycles. The van der Waals surface area contributed by atoms with Crippen molar-refractivity contribution in [3.63, 3.8) is 0 Å². The van der Waals surface area contributed by atoms with Crippen LogP contribution in [0.15, 0.2) is 72.8 Å². The first kappa shape index (κ1) is 62.6. The van der Waals surface area contributed by atoms with Gasteiger partial charge in [0.1, 0.15) is 0 Å². The van der Waals surface area contributed by atoms with E-state index in [2.05, 4.69) is 86.6 Å². The molecular weight excluding hydrogens is 1090 g/mol. The molecule has 0 N–H and O–H groups in total. The van der Waals surface area contributed by atoms with Crippen LogP contribution in [-0.4, -0.2) is 0 Å². The van der Waals surface area contributed by atoms with E-state index in [1.54, 1.807) is 33.4 Å². The van der Waals surface area contributed by atoms with Gasteiger partial charge in [-0.15, -0.1) is 0 Å². The summed E-state index contributed by atoms with van der Waals surface area (Å²) < 4.78 is 15.0. The Balaban J connectivity index is 1.10. The Morgan fingerprint density at radius 3 is 0.943 bits per heavy atom. The van der Waals surface area contributed by atoms with E-state index in [1.807, 2.05) is 0 Å². The first-order chi connectivity index (χ1) is 43.5. The fourth-order valence-corrected chi connectivity index (χ4v) is 19.8. The van der Waals surface area contributed by atoms with Crippen molar-refractivity contribution in [1.29, 1.82) is 0 Å². The first-order valence-corrected chi connectivity index (χ1v) is 39.2. The van der Waals surface area contributed by atoms with E-state index in [0.717, 1.165) is 35.5 Å². The normalized spacial score (nSPS) is 20.0. The Kier molecular flexibility index (Phi) is 21.7. The van der Waals surface area contributed by atoms with Crippen LogP contribution in [-0.2, 0) is 12.8 Å². The van der Waals surface area contributed by atoms with Crippen LogP contribution in [0.3, 0.4) is 0 Å². The number of hydrogen-bond acceptors (Lipinski definition) is 3. The molecule has 6 aromatic carbocycles. The van der Waals surface area contributed by atoms with Gasteiger partial charge >= 0.3 is 8.60 Å². The fraction of sp³-hybridized carbons (Fsp3) is 0.619.